The molecular weight excluding hydrogens is 250 g/mol. The summed E-state index contributed by atoms with van der Waals surface area (Å²) in [5, 5.41) is 12.0. The molecule has 1 rings (SSSR count). The maximum absolute atomic E-state index is 8.69. The Hall–Kier alpha value is -1.83. The molecule has 5 nitrogen and oxygen atoms in total. The van der Waals surface area contributed by atoms with Crippen molar-refractivity contribution >= 4 is 11.6 Å². The molecule has 0 spiro atoms. The van der Waals surface area contributed by atoms with Crippen molar-refractivity contribution in [2.24, 2.45) is 0 Å². The largest absolute Gasteiger partial charge is 0.370 e. The van der Waals surface area contributed by atoms with Crippen molar-refractivity contribution in [3.05, 3.63) is 11.9 Å². The molecule has 0 fully saturated rings. The van der Waals surface area contributed by atoms with Crippen LogP contribution in [0.1, 0.15) is 46.4 Å². The summed E-state index contributed by atoms with van der Waals surface area (Å²) in [5.74, 6) is 2.53. The Morgan fingerprint density at radius 3 is 2.60 bits per heavy atom. The van der Waals surface area contributed by atoms with E-state index in [0.29, 0.717) is 13.0 Å². The van der Waals surface area contributed by atoms with E-state index in [2.05, 4.69) is 49.0 Å². The molecule has 0 atom stereocenters. The summed E-state index contributed by atoms with van der Waals surface area (Å²) in [6.45, 7) is 9.99. The molecule has 0 saturated carbocycles. The molecule has 0 aromatic carbocycles. The first-order valence-corrected chi connectivity index (χ1v) is 7.10. The van der Waals surface area contributed by atoms with Gasteiger partial charge < -0.3 is 10.2 Å². The highest BCUT2D eigenvalue weighted by Crippen LogP contribution is 2.23. The molecule has 0 aliphatic carbocycles. The predicted molar refractivity (Wildman–Crippen MR) is 83.0 cm³/mol. The van der Waals surface area contributed by atoms with Gasteiger partial charge in [-0.3, -0.25) is 0 Å². The second-order valence-corrected chi connectivity index (χ2v) is 5.94. The Kier molecular flexibility index (Phi) is 5.75. The molecule has 0 saturated heterocycles. The maximum Gasteiger partial charge on any atom is 0.138 e. The van der Waals surface area contributed by atoms with Crippen molar-refractivity contribution in [1.29, 1.82) is 5.26 Å². The number of rotatable bonds is 6. The second-order valence-electron chi connectivity index (χ2n) is 5.94. The monoisotopic (exact) mass is 275 g/mol. The summed E-state index contributed by atoms with van der Waals surface area (Å²) in [6.07, 6.45) is 1.54. The van der Waals surface area contributed by atoms with E-state index in [1.807, 2.05) is 18.0 Å². The summed E-state index contributed by atoms with van der Waals surface area (Å²) in [7, 11) is 1.95. The van der Waals surface area contributed by atoms with Crippen LogP contribution in [0, 0.1) is 11.3 Å². The lowest BCUT2D eigenvalue weighted by Gasteiger charge is -2.23. The van der Waals surface area contributed by atoms with E-state index < -0.39 is 0 Å². The highest BCUT2D eigenvalue weighted by molar-refractivity contribution is 5.49. The standard InChI is InChI=1S/C15H25N5/c1-6-9-17-12-11-13(20(5)10-7-8-16)19-14(18-12)15(2,3)4/h11H,6-7,9-10H2,1-5H3,(H,17,18,19). The minimum Gasteiger partial charge on any atom is -0.370 e. The quantitative estimate of drug-likeness (QED) is 0.864. The normalized spacial score (nSPS) is 11.0. The molecule has 0 aliphatic rings. The van der Waals surface area contributed by atoms with Gasteiger partial charge in [-0.25, -0.2) is 9.97 Å². The highest BCUT2D eigenvalue weighted by atomic mass is 15.2. The van der Waals surface area contributed by atoms with Crippen molar-refractivity contribution in [3.63, 3.8) is 0 Å². The molecule has 0 aliphatic heterocycles. The number of aromatic nitrogens is 2. The van der Waals surface area contributed by atoms with Gasteiger partial charge in [0.15, 0.2) is 0 Å². The van der Waals surface area contributed by atoms with E-state index in [9.17, 15) is 0 Å². The lowest BCUT2D eigenvalue weighted by Crippen LogP contribution is -2.24. The van der Waals surface area contributed by atoms with Crippen LogP contribution in [0.3, 0.4) is 0 Å². The van der Waals surface area contributed by atoms with Crippen LogP contribution >= 0.6 is 0 Å². The summed E-state index contributed by atoms with van der Waals surface area (Å²) in [6, 6.07) is 4.11. The first-order chi connectivity index (χ1) is 9.38. The van der Waals surface area contributed by atoms with Gasteiger partial charge in [0, 0.05) is 31.6 Å². The fraction of sp³-hybridized carbons (Fsp3) is 0.667. The molecule has 5 heteroatoms. The molecular formula is C15H25N5. The molecule has 0 unspecified atom stereocenters. The third-order valence-corrected chi connectivity index (χ3v) is 2.89. The Bertz CT molecular complexity index is 470. The van der Waals surface area contributed by atoms with Crippen LogP contribution in [-0.4, -0.2) is 30.1 Å². The molecule has 0 radical (unpaired) electrons. The van der Waals surface area contributed by atoms with Crippen LogP contribution in [0.15, 0.2) is 6.07 Å². The Morgan fingerprint density at radius 2 is 2.05 bits per heavy atom. The van der Waals surface area contributed by atoms with Gasteiger partial charge in [0.2, 0.25) is 0 Å². The Balaban J connectivity index is 3.06. The van der Waals surface area contributed by atoms with Crippen molar-refractivity contribution < 1.29 is 0 Å². The van der Waals surface area contributed by atoms with Gasteiger partial charge in [0.05, 0.1) is 12.5 Å². The average molecular weight is 275 g/mol. The summed E-state index contributed by atoms with van der Waals surface area (Å²) < 4.78 is 0. The number of nitrogens with one attached hydrogen (secondary N) is 1. The van der Waals surface area contributed by atoms with Gasteiger partial charge in [0.25, 0.3) is 0 Å². The first-order valence-electron chi connectivity index (χ1n) is 7.10. The Labute approximate surface area is 122 Å². The number of hydrogen-bond acceptors (Lipinski definition) is 5. The SMILES string of the molecule is CCCNc1cc(N(C)CCC#N)nc(C(C)(C)C)n1. The number of hydrogen-bond donors (Lipinski definition) is 1. The lowest BCUT2D eigenvalue weighted by atomic mass is 9.96. The van der Waals surface area contributed by atoms with Gasteiger partial charge in [0.1, 0.15) is 17.5 Å². The minimum absolute atomic E-state index is 0.102. The van der Waals surface area contributed by atoms with Crippen LogP contribution in [0.2, 0.25) is 0 Å². The number of nitrogens with zero attached hydrogens (tertiary/aromatic N) is 4. The average Bonchev–Trinajstić information content (AvgIpc) is 2.41. The van der Waals surface area contributed by atoms with Gasteiger partial charge in [-0.05, 0) is 6.42 Å². The fourth-order valence-corrected chi connectivity index (χ4v) is 1.64. The predicted octanol–water partition coefficient (Wildman–Crippen LogP) is 2.95. The molecule has 1 aromatic rings. The highest BCUT2D eigenvalue weighted by Gasteiger charge is 2.20. The van der Waals surface area contributed by atoms with Crippen LogP contribution in [-0.2, 0) is 5.41 Å². The molecule has 110 valence electrons. The lowest BCUT2D eigenvalue weighted by molar-refractivity contribution is 0.545. The smallest absolute Gasteiger partial charge is 0.138 e. The van der Waals surface area contributed by atoms with Gasteiger partial charge >= 0.3 is 0 Å². The van der Waals surface area contributed by atoms with Crippen molar-refractivity contribution in [1.82, 2.24) is 9.97 Å². The van der Waals surface area contributed by atoms with Gasteiger partial charge in [-0.15, -0.1) is 0 Å². The van der Waals surface area contributed by atoms with Crippen molar-refractivity contribution in [3.8, 4) is 6.07 Å². The van der Waals surface area contributed by atoms with Gasteiger partial charge in [-0.1, -0.05) is 27.7 Å². The fourth-order valence-electron chi connectivity index (χ4n) is 1.64. The van der Waals surface area contributed by atoms with E-state index in [-0.39, 0.29) is 5.41 Å². The molecule has 1 N–H and O–H groups in total. The minimum atomic E-state index is -0.102. The third kappa shape index (κ3) is 4.69. The van der Waals surface area contributed by atoms with E-state index in [0.717, 1.165) is 30.4 Å². The number of nitriles is 1. The molecule has 1 aromatic heterocycles. The Morgan fingerprint density at radius 1 is 1.35 bits per heavy atom. The zero-order chi connectivity index (χ0) is 15.2. The van der Waals surface area contributed by atoms with Crippen LogP contribution in [0.25, 0.3) is 0 Å². The van der Waals surface area contributed by atoms with Gasteiger partial charge in [-0.2, -0.15) is 5.26 Å². The zero-order valence-electron chi connectivity index (χ0n) is 13.2. The number of anilines is 2. The summed E-state index contributed by atoms with van der Waals surface area (Å²) in [4.78, 5) is 11.2. The van der Waals surface area contributed by atoms with E-state index in [4.69, 9.17) is 5.26 Å². The van der Waals surface area contributed by atoms with Crippen molar-refractivity contribution in [2.45, 2.75) is 46.0 Å². The molecule has 20 heavy (non-hydrogen) atoms. The van der Waals surface area contributed by atoms with Crippen molar-refractivity contribution in [2.75, 3.05) is 30.4 Å². The van der Waals surface area contributed by atoms with E-state index in [1.165, 1.54) is 0 Å². The molecule has 0 amide bonds. The third-order valence-electron chi connectivity index (χ3n) is 2.89. The summed E-state index contributed by atoms with van der Waals surface area (Å²) >= 11 is 0. The topological polar surface area (TPSA) is 64.8 Å². The van der Waals surface area contributed by atoms with Crippen LogP contribution in [0.4, 0.5) is 11.6 Å². The van der Waals surface area contributed by atoms with E-state index >= 15 is 0 Å². The van der Waals surface area contributed by atoms with Crippen LogP contribution in [0.5, 0.6) is 0 Å². The van der Waals surface area contributed by atoms with Crippen LogP contribution < -0.4 is 10.2 Å². The second kappa shape index (κ2) is 7.09. The summed E-state index contributed by atoms with van der Waals surface area (Å²) in [5.41, 5.74) is -0.102. The van der Waals surface area contributed by atoms with E-state index in [1.54, 1.807) is 0 Å². The zero-order valence-corrected chi connectivity index (χ0v) is 13.2. The first kappa shape index (κ1) is 16.2. The molecule has 1 heterocycles. The molecule has 0 bridgehead atoms. The maximum atomic E-state index is 8.69.